The smallest absolute Gasteiger partial charge is 0.229 e. The minimum atomic E-state index is 0.347. The summed E-state index contributed by atoms with van der Waals surface area (Å²) in [6.45, 7) is 3.05. The topological polar surface area (TPSA) is 70.9 Å². The van der Waals surface area contributed by atoms with Crippen molar-refractivity contribution in [2.45, 2.75) is 18.4 Å². The number of hydrogen-bond acceptors (Lipinski definition) is 6. The van der Waals surface area contributed by atoms with Crippen LogP contribution in [0.5, 0.6) is 0 Å². The predicted octanol–water partition coefficient (Wildman–Crippen LogP) is 0.896. The van der Waals surface area contributed by atoms with Gasteiger partial charge in [-0.1, -0.05) is 0 Å². The number of aryl methyl sites for hydroxylation is 1. The molecule has 21 heavy (non-hydrogen) atoms. The Morgan fingerprint density at radius 1 is 1.38 bits per heavy atom. The Hall–Kier alpha value is -2.15. The molecular weight excluding hydrogens is 266 g/mol. The summed E-state index contributed by atoms with van der Waals surface area (Å²) in [5.74, 6) is 1.60. The summed E-state index contributed by atoms with van der Waals surface area (Å²) in [7, 11) is 1.89. The van der Waals surface area contributed by atoms with Gasteiger partial charge in [0.15, 0.2) is 0 Å². The first-order valence-electron chi connectivity index (χ1n) is 7.31. The summed E-state index contributed by atoms with van der Waals surface area (Å²) in [5.41, 5.74) is 1.24. The van der Waals surface area contributed by atoms with Crippen molar-refractivity contribution in [1.29, 1.82) is 0 Å². The molecule has 0 bridgehead atoms. The average Bonchev–Trinajstić information content (AvgIpc) is 3.10. The first-order chi connectivity index (χ1) is 10.2. The van der Waals surface area contributed by atoms with Gasteiger partial charge in [-0.05, 0) is 18.9 Å². The van der Waals surface area contributed by atoms with Crippen molar-refractivity contribution in [3.8, 4) is 0 Å². The van der Waals surface area contributed by atoms with Crippen LogP contribution in [0.2, 0.25) is 0 Å². The number of nitrogens with zero attached hydrogens (tertiary/aromatic N) is 5. The number of hydrogen-bond donors (Lipinski definition) is 2. The molecule has 0 aromatic carbocycles. The van der Waals surface area contributed by atoms with Gasteiger partial charge in [-0.2, -0.15) is 10.1 Å². The molecular formula is C14H19N7. The van der Waals surface area contributed by atoms with E-state index in [1.807, 2.05) is 25.5 Å². The Balaban J connectivity index is 1.52. The Morgan fingerprint density at radius 3 is 3.05 bits per heavy atom. The van der Waals surface area contributed by atoms with E-state index in [9.17, 15) is 0 Å². The molecule has 2 fully saturated rings. The summed E-state index contributed by atoms with van der Waals surface area (Å²) >= 11 is 0. The Kier molecular flexibility index (Phi) is 2.81. The van der Waals surface area contributed by atoms with Crippen molar-refractivity contribution in [3.63, 3.8) is 0 Å². The van der Waals surface area contributed by atoms with E-state index in [0.717, 1.165) is 31.1 Å². The highest BCUT2D eigenvalue weighted by molar-refractivity contribution is 5.53. The zero-order valence-electron chi connectivity index (χ0n) is 12.1. The summed E-state index contributed by atoms with van der Waals surface area (Å²) in [5, 5.41) is 10.9. The van der Waals surface area contributed by atoms with Gasteiger partial charge in [0.2, 0.25) is 5.95 Å². The van der Waals surface area contributed by atoms with Crippen molar-refractivity contribution < 1.29 is 0 Å². The van der Waals surface area contributed by atoms with Gasteiger partial charge in [0, 0.05) is 44.6 Å². The molecule has 7 heteroatoms. The fourth-order valence-corrected chi connectivity index (χ4v) is 2.84. The van der Waals surface area contributed by atoms with Crippen LogP contribution in [0.15, 0.2) is 24.7 Å². The Bertz CT molecular complexity index is 646. The molecule has 2 aliphatic rings. The minimum absolute atomic E-state index is 0.347. The molecule has 1 aliphatic heterocycles. The SMILES string of the molecule is Cn1cc(Nc2nccc(N3CCNC4(CC4)C3)n2)cn1. The molecule has 4 rings (SSSR count). The molecule has 1 saturated carbocycles. The second kappa shape index (κ2) is 4.70. The number of piperazine rings is 1. The maximum absolute atomic E-state index is 4.63. The van der Waals surface area contributed by atoms with Crippen molar-refractivity contribution in [2.24, 2.45) is 7.05 Å². The van der Waals surface area contributed by atoms with Gasteiger partial charge in [0.1, 0.15) is 5.82 Å². The van der Waals surface area contributed by atoms with Gasteiger partial charge < -0.3 is 15.5 Å². The second-order valence-corrected chi connectivity index (χ2v) is 5.89. The molecule has 110 valence electrons. The van der Waals surface area contributed by atoms with Crippen LogP contribution in [0.25, 0.3) is 0 Å². The second-order valence-electron chi connectivity index (χ2n) is 5.89. The lowest BCUT2D eigenvalue weighted by atomic mass is 10.2. The third-order valence-electron chi connectivity index (χ3n) is 4.15. The molecule has 0 unspecified atom stereocenters. The van der Waals surface area contributed by atoms with E-state index in [-0.39, 0.29) is 0 Å². The van der Waals surface area contributed by atoms with Crippen molar-refractivity contribution in [1.82, 2.24) is 25.1 Å². The van der Waals surface area contributed by atoms with Crippen molar-refractivity contribution >= 4 is 17.5 Å². The molecule has 0 radical (unpaired) electrons. The number of anilines is 3. The van der Waals surface area contributed by atoms with E-state index >= 15 is 0 Å². The third-order valence-corrected chi connectivity index (χ3v) is 4.15. The van der Waals surface area contributed by atoms with Crippen LogP contribution in [0.3, 0.4) is 0 Å². The molecule has 1 spiro atoms. The van der Waals surface area contributed by atoms with Gasteiger partial charge in [-0.15, -0.1) is 0 Å². The van der Waals surface area contributed by atoms with Crippen LogP contribution in [-0.2, 0) is 7.05 Å². The predicted molar refractivity (Wildman–Crippen MR) is 80.7 cm³/mol. The van der Waals surface area contributed by atoms with Gasteiger partial charge >= 0.3 is 0 Å². The summed E-state index contributed by atoms with van der Waals surface area (Å²) in [6, 6.07) is 1.98. The molecule has 2 aromatic rings. The van der Waals surface area contributed by atoms with Gasteiger partial charge in [-0.3, -0.25) is 4.68 Å². The minimum Gasteiger partial charge on any atom is -0.353 e. The number of nitrogens with one attached hydrogen (secondary N) is 2. The first kappa shape index (κ1) is 12.6. The number of aromatic nitrogens is 4. The normalized spacial score (nSPS) is 19.8. The van der Waals surface area contributed by atoms with Gasteiger partial charge in [-0.25, -0.2) is 4.98 Å². The fourth-order valence-electron chi connectivity index (χ4n) is 2.84. The molecule has 2 N–H and O–H groups in total. The lowest BCUT2D eigenvalue weighted by Gasteiger charge is -2.34. The van der Waals surface area contributed by atoms with Crippen molar-refractivity contribution in [3.05, 3.63) is 24.7 Å². The maximum Gasteiger partial charge on any atom is 0.229 e. The molecule has 0 amide bonds. The molecule has 0 atom stereocenters. The molecule has 1 saturated heterocycles. The Morgan fingerprint density at radius 2 is 2.29 bits per heavy atom. The fraction of sp³-hybridized carbons (Fsp3) is 0.500. The van der Waals surface area contributed by atoms with E-state index < -0.39 is 0 Å². The average molecular weight is 285 g/mol. The van der Waals surface area contributed by atoms with E-state index in [4.69, 9.17) is 0 Å². The van der Waals surface area contributed by atoms with Crippen molar-refractivity contribution in [2.75, 3.05) is 29.9 Å². The largest absolute Gasteiger partial charge is 0.353 e. The van der Waals surface area contributed by atoms with E-state index in [1.165, 1.54) is 12.8 Å². The quantitative estimate of drug-likeness (QED) is 0.873. The Labute approximate surface area is 123 Å². The monoisotopic (exact) mass is 285 g/mol. The maximum atomic E-state index is 4.63. The summed E-state index contributed by atoms with van der Waals surface area (Å²) in [4.78, 5) is 11.3. The van der Waals surface area contributed by atoms with Gasteiger partial charge in [0.25, 0.3) is 0 Å². The summed E-state index contributed by atoms with van der Waals surface area (Å²) in [6.07, 6.45) is 8.02. The lowest BCUT2D eigenvalue weighted by Crippen LogP contribution is -2.52. The van der Waals surface area contributed by atoms with Crippen LogP contribution >= 0.6 is 0 Å². The van der Waals surface area contributed by atoms with E-state index in [1.54, 1.807) is 10.9 Å². The number of rotatable bonds is 3. The molecule has 7 nitrogen and oxygen atoms in total. The van der Waals surface area contributed by atoms with Crippen LogP contribution < -0.4 is 15.5 Å². The standard InChI is InChI=1S/C14H19N7/c1-20-9-11(8-17-20)18-13-15-5-2-12(19-13)21-7-6-16-14(10-21)3-4-14/h2,5,8-9,16H,3-4,6-7,10H2,1H3,(H,15,18,19). The van der Waals surface area contributed by atoms with Crippen LogP contribution in [0.1, 0.15) is 12.8 Å². The highest BCUT2D eigenvalue weighted by Gasteiger charge is 2.45. The van der Waals surface area contributed by atoms with E-state index in [0.29, 0.717) is 11.5 Å². The van der Waals surface area contributed by atoms with Crippen LogP contribution in [0.4, 0.5) is 17.5 Å². The van der Waals surface area contributed by atoms with Gasteiger partial charge in [0.05, 0.1) is 11.9 Å². The first-order valence-corrected chi connectivity index (χ1v) is 7.31. The highest BCUT2D eigenvalue weighted by Crippen LogP contribution is 2.38. The van der Waals surface area contributed by atoms with Crippen LogP contribution in [-0.4, -0.2) is 44.9 Å². The molecule has 2 aromatic heterocycles. The zero-order valence-corrected chi connectivity index (χ0v) is 12.1. The van der Waals surface area contributed by atoms with Crippen LogP contribution in [0, 0.1) is 0 Å². The summed E-state index contributed by atoms with van der Waals surface area (Å²) < 4.78 is 1.75. The molecule has 1 aliphatic carbocycles. The molecule has 3 heterocycles. The van der Waals surface area contributed by atoms with E-state index in [2.05, 4.69) is 30.6 Å². The third kappa shape index (κ3) is 2.56. The highest BCUT2D eigenvalue weighted by atomic mass is 15.3. The zero-order chi connectivity index (χ0) is 14.3. The lowest BCUT2D eigenvalue weighted by molar-refractivity contribution is 0.440.